The van der Waals surface area contributed by atoms with E-state index in [1.165, 1.54) is 5.39 Å². The quantitative estimate of drug-likeness (QED) is 0.594. The van der Waals surface area contributed by atoms with Crippen LogP contribution in [0.2, 0.25) is 0 Å². The lowest BCUT2D eigenvalue weighted by Crippen LogP contribution is -1.93. The highest BCUT2D eigenvalue weighted by Crippen LogP contribution is 2.42. The molecule has 0 fully saturated rings. The Kier molecular flexibility index (Phi) is 1.44. The second-order valence-electron chi connectivity index (χ2n) is 2.90. The molecule has 0 bridgehead atoms. The van der Waals surface area contributed by atoms with Gasteiger partial charge in [0.25, 0.3) is 9.03 Å². The lowest BCUT2D eigenvalue weighted by Gasteiger charge is -2.17. The number of hydrogen-bond donors (Lipinski definition) is 0. The first-order valence-electron chi connectivity index (χ1n) is 4.05. The minimum atomic E-state index is 0.0839. The molecule has 2 aromatic carbocycles. The van der Waals surface area contributed by atoms with Crippen molar-refractivity contribution in [1.82, 2.24) is 0 Å². The summed E-state index contributed by atoms with van der Waals surface area (Å²) < 4.78 is 10.8. The van der Waals surface area contributed by atoms with E-state index in [0.717, 1.165) is 16.9 Å². The lowest BCUT2D eigenvalue weighted by molar-refractivity contribution is 0.504. The van der Waals surface area contributed by atoms with Gasteiger partial charge < -0.3 is 9.05 Å². The van der Waals surface area contributed by atoms with Crippen LogP contribution in [0.5, 0.6) is 11.5 Å². The van der Waals surface area contributed by atoms with Crippen LogP contribution in [-0.4, -0.2) is 0 Å². The van der Waals surface area contributed by atoms with Crippen LogP contribution < -0.4 is 9.05 Å². The summed E-state index contributed by atoms with van der Waals surface area (Å²) in [4.78, 5) is 0. The molecule has 0 unspecified atom stereocenters. The van der Waals surface area contributed by atoms with E-state index < -0.39 is 0 Å². The molecule has 0 radical (unpaired) electrons. The number of hydrogen-bond acceptors (Lipinski definition) is 2. The monoisotopic (exact) mass is 190 g/mol. The smallest absolute Gasteiger partial charge is 0.275 e. The van der Waals surface area contributed by atoms with Gasteiger partial charge in [0, 0.05) is 0 Å². The molecule has 0 aromatic heterocycles. The molecule has 1 aliphatic rings. The molecule has 0 saturated carbocycles. The molecule has 1 heterocycles. The van der Waals surface area contributed by atoms with Crippen molar-refractivity contribution in [3.63, 3.8) is 0 Å². The Balaban J connectivity index is 2.49. The van der Waals surface area contributed by atoms with Crippen molar-refractivity contribution in [3.8, 4) is 11.5 Å². The maximum atomic E-state index is 5.40. The highest BCUT2D eigenvalue weighted by atomic mass is 31.1. The second-order valence-corrected chi connectivity index (χ2v) is 3.47. The van der Waals surface area contributed by atoms with Crippen molar-refractivity contribution in [2.45, 2.75) is 0 Å². The van der Waals surface area contributed by atoms with Crippen LogP contribution in [0.3, 0.4) is 0 Å². The highest BCUT2D eigenvalue weighted by molar-refractivity contribution is 7.27. The first kappa shape index (κ1) is 7.16. The van der Waals surface area contributed by atoms with Crippen molar-refractivity contribution in [2.24, 2.45) is 0 Å². The fraction of sp³-hybridized carbons (Fsp3) is 0. The van der Waals surface area contributed by atoms with E-state index in [4.69, 9.17) is 9.05 Å². The fourth-order valence-electron chi connectivity index (χ4n) is 1.55. The summed E-state index contributed by atoms with van der Waals surface area (Å²) in [5, 5.41) is 2.25. The molecule has 13 heavy (non-hydrogen) atoms. The SMILES string of the molecule is c1cc2c3c(cccc3c1)OPO2. The molecule has 3 heteroatoms. The van der Waals surface area contributed by atoms with E-state index in [1.807, 2.05) is 24.3 Å². The van der Waals surface area contributed by atoms with Gasteiger partial charge in [-0.05, 0) is 17.5 Å². The van der Waals surface area contributed by atoms with E-state index in [-0.39, 0.29) is 9.03 Å². The fourth-order valence-corrected chi connectivity index (χ4v) is 2.12. The van der Waals surface area contributed by atoms with Crippen molar-refractivity contribution >= 4 is 19.8 Å². The predicted molar refractivity (Wildman–Crippen MR) is 53.5 cm³/mol. The Labute approximate surface area is 77.4 Å². The van der Waals surface area contributed by atoms with Crippen molar-refractivity contribution in [2.75, 3.05) is 0 Å². The molecule has 0 N–H and O–H groups in total. The number of benzene rings is 2. The van der Waals surface area contributed by atoms with Crippen molar-refractivity contribution in [3.05, 3.63) is 36.4 Å². The molecular weight excluding hydrogens is 183 g/mol. The van der Waals surface area contributed by atoms with Crippen LogP contribution in [0, 0.1) is 0 Å². The lowest BCUT2D eigenvalue weighted by atomic mass is 10.1. The molecule has 2 aromatic rings. The van der Waals surface area contributed by atoms with Crippen LogP contribution >= 0.6 is 9.03 Å². The minimum Gasteiger partial charge on any atom is -0.440 e. The van der Waals surface area contributed by atoms with Crippen LogP contribution in [0.4, 0.5) is 0 Å². The molecule has 0 atom stereocenters. The zero-order chi connectivity index (χ0) is 8.67. The maximum absolute atomic E-state index is 5.40. The zero-order valence-corrected chi connectivity index (χ0v) is 7.78. The Morgan fingerprint density at radius 3 is 2.08 bits per heavy atom. The van der Waals surface area contributed by atoms with Gasteiger partial charge in [0.2, 0.25) is 0 Å². The van der Waals surface area contributed by atoms with Crippen molar-refractivity contribution in [1.29, 1.82) is 0 Å². The van der Waals surface area contributed by atoms with Crippen LogP contribution in [0.15, 0.2) is 36.4 Å². The summed E-state index contributed by atoms with van der Waals surface area (Å²) in [5.74, 6) is 1.86. The van der Waals surface area contributed by atoms with Gasteiger partial charge in [0.05, 0.1) is 5.39 Å². The van der Waals surface area contributed by atoms with E-state index in [0.29, 0.717) is 0 Å². The Morgan fingerprint density at radius 1 is 0.846 bits per heavy atom. The average molecular weight is 190 g/mol. The zero-order valence-electron chi connectivity index (χ0n) is 6.78. The van der Waals surface area contributed by atoms with Gasteiger partial charge in [-0.3, -0.25) is 0 Å². The summed E-state index contributed by atoms with van der Waals surface area (Å²) in [7, 11) is 0.0839. The van der Waals surface area contributed by atoms with Crippen LogP contribution in [-0.2, 0) is 0 Å². The van der Waals surface area contributed by atoms with E-state index in [9.17, 15) is 0 Å². The largest absolute Gasteiger partial charge is 0.440 e. The molecule has 64 valence electrons. The van der Waals surface area contributed by atoms with E-state index >= 15 is 0 Å². The highest BCUT2D eigenvalue weighted by Gasteiger charge is 2.13. The molecule has 0 saturated heterocycles. The van der Waals surface area contributed by atoms with Gasteiger partial charge in [0.1, 0.15) is 11.5 Å². The Bertz CT molecular complexity index is 429. The Hall–Kier alpha value is -1.27. The third-order valence-corrected chi connectivity index (χ3v) is 2.74. The molecule has 0 spiro atoms. The maximum Gasteiger partial charge on any atom is 0.275 e. The first-order chi connectivity index (χ1) is 6.45. The molecule has 0 amide bonds. The first-order valence-corrected chi connectivity index (χ1v) is 4.87. The van der Waals surface area contributed by atoms with Gasteiger partial charge in [-0.2, -0.15) is 0 Å². The molecule has 1 aliphatic heterocycles. The minimum absolute atomic E-state index is 0.0839. The molecule has 2 nitrogen and oxygen atoms in total. The Morgan fingerprint density at radius 2 is 1.46 bits per heavy atom. The second kappa shape index (κ2) is 2.61. The van der Waals surface area contributed by atoms with Gasteiger partial charge in [-0.25, -0.2) is 0 Å². The topological polar surface area (TPSA) is 18.5 Å². The summed E-state index contributed by atoms with van der Waals surface area (Å²) in [6.45, 7) is 0. The van der Waals surface area contributed by atoms with Crippen LogP contribution in [0.1, 0.15) is 0 Å². The third-order valence-electron chi connectivity index (χ3n) is 2.13. The summed E-state index contributed by atoms with van der Waals surface area (Å²) in [6.07, 6.45) is 0. The van der Waals surface area contributed by atoms with E-state index in [2.05, 4.69) is 12.1 Å². The summed E-state index contributed by atoms with van der Waals surface area (Å²) >= 11 is 0. The molecular formula is C10H7O2P. The number of rotatable bonds is 0. The third kappa shape index (κ3) is 0.991. The van der Waals surface area contributed by atoms with Gasteiger partial charge in [0.15, 0.2) is 0 Å². The summed E-state index contributed by atoms with van der Waals surface area (Å²) in [5.41, 5.74) is 0. The normalized spacial score (nSPS) is 13.5. The molecule has 3 rings (SSSR count). The summed E-state index contributed by atoms with van der Waals surface area (Å²) in [6, 6.07) is 12.1. The standard InChI is InChI=1S/C10H7O2P/c1-3-7-4-2-6-9-10(7)8(5-1)11-13-12-9/h1-6,13H. The van der Waals surface area contributed by atoms with E-state index in [1.54, 1.807) is 0 Å². The van der Waals surface area contributed by atoms with Gasteiger partial charge >= 0.3 is 0 Å². The van der Waals surface area contributed by atoms with Gasteiger partial charge in [-0.15, -0.1) is 0 Å². The predicted octanol–water partition coefficient (Wildman–Crippen LogP) is 3.12. The molecule has 0 aliphatic carbocycles. The van der Waals surface area contributed by atoms with Gasteiger partial charge in [-0.1, -0.05) is 24.3 Å². The van der Waals surface area contributed by atoms with Crippen molar-refractivity contribution < 1.29 is 9.05 Å². The average Bonchev–Trinajstić information content (AvgIpc) is 2.19. The van der Waals surface area contributed by atoms with Crippen LogP contribution in [0.25, 0.3) is 10.8 Å².